The zero-order valence-corrected chi connectivity index (χ0v) is 48.0. The molecule has 4 amide bonds. The van der Waals surface area contributed by atoms with Gasteiger partial charge in [-0.3, -0.25) is 44.5 Å². The van der Waals surface area contributed by atoms with Crippen LogP contribution in [-0.2, 0) is 0 Å². The van der Waals surface area contributed by atoms with Crippen LogP contribution in [0.1, 0.15) is 80.5 Å². The van der Waals surface area contributed by atoms with Crippen molar-refractivity contribution in [1.82, 2.24) is 80.0 Å². The van der Waals surface area contributed by atoms with E-state index in [1.165, 1.54) is 84.3 Å². The highest BCUT2D eigenvalue weighted by atomic mass is 16.2. The highest BCUT2D eigenvalue weighted by Gasteiger charge is 2.54. The van der Waals surface area contributed by atoms with Gasteiger partial charge in [-0.05, 0) is 130 Å². The van der Waals surface area contributed by atoms with Gasteiger partial charge in [0.25, 0.3) is 23.6 Å². The molecular weight excluding hydrogens is 1070 g/mol. The number of para-hydroxylation sites is 4. The first-order valence-electron chi connectivity index (χ1n) is 31.6. The van der Waals surface area contributed by atoms with Gasteiger partial charge in [-0.1, -0.05) is 72.8 Å². The summed E-state index contributed by atoms with van der Waals surface area (Å²) < 4.78 is 0. The molecule has 20 heteroatoms. The van der Waals surface area contributed by atoms with E-state index in [0.717, 1.165) is 102 Å². The summed E-state index contributed by atoms with van der Waals surface area (Å²) in [6, 6.07) is 33.5. The van der Waals surface area contributed by atoms with Gasteiger partial charge < -0.3 is 34.3 Å². The van der Waals surface area contributed by atoms with E-state index < -0.39 is 0 Å². The topological polar surface area (TPSA) is 209 Å². The van der Waals surface area contributed by atoms with Crippen LogP contribution >= 0.6 is 0 Å². The average molecular weight is 1140 g/mol. The second kappa shape index (κ2) is 20.6. The van der Waals surface area contributed by atoms with Gasteiger partial charge >= 0.3 is 0 Å². The van der Waals surface area contributed by atoms with Gasteiger partial charge in [-0.25, -0.2) is 0 Å². The molecule has 20 heterocycles. The van der Waals surface area contributed by atoms with E-state index in [-0.39, 0.29) is 23.6 Å². The van der Waals surface area contributed by atoms with Crippen LogP contribution in [0.15, 0.2) is 97.1 Å². The number of piperazine rings is 1. The number of hydrogen-bond donors (Lipinski definition) is 4. The predicted molar refractivity (Wildman–Crippen MR) is 320 cm³/mol. The summed E-state index contributed by atoms with van der Waals surface area (Å²) in [5.41, 5.74) is 6.11. The number of nitrogens with zero attached hydrogens (tertiary/aromatic N) is 12. The Labute approximate surface area is 492 Å². The molecule has 20 nitrogen and oxygen atoms in total. The van der Waals surface area contributed by atoms with E-state index in [1.54, 1.807) is 0 Å². The van der Waals surface area contributed by atoms with Gasteiger partial charge in [-0.15, -0.1) is 0 Å². The number of carbonyl (C=O) groups is 4. The van der Waals surface area contributed by atoms with E-state index in [2.05, 4.69) is 80.0 Å². The first-order chi connectivity index (χ1) is 41.7. The van der Waals surface area contributed by atoms with Gasteiger partial charge in [0.05, 0.1) is 22.1 Å². The molecule has 16 aliphatic rings. The van der Waals surface area contributed by atoms with E-state index >= 15 is 0 Å². The molecule has 85 heavy (non-hydrogen) atoms. The number of piperidine rings is 10. The summed E-state index contributed by atoms with van der Waals surface area (Å²) in [6.07, 6.45) is 7.33. The highest BCUT2D eigenvalue weighted by molar-refractivity contribution is 6.07. The maximum absolute atomic E-state index is 13.1. The lowest BCUT2D eigenvalue weighted by atomic mass is 9.78. The number of benzene rings is 4. The Kier molecular flexibility index (Phi) is 12.6. The fourth-order valence-corrected chi connectivity index (χ4v) is 18.6. The van der Waals surface area contributed by atoms with Crippen LogP contribution in [0.25, 0.3) is 43.6 Å². The molecule has 16 fully saturated rings. The zero-order chi connectivity index (χ0) is 56.6. The number of amides is 4. The number of rotatable bonds is 4. The lowest BCUT2D eigenvalue weighted by molar-refractivity contribution is -0.0636. The molecule has 24 rings (SSSR count). The van der Waals surface area contributed by atoms with E-state index in [9.17, 15) is 19.2 Å². The number of nitrogens with one attached hydrogen (secondary N) is 4. The second-order valence-corrected chi connectivity index (χ2v) is 26.9. The molecule has 438 valence electrons. The van der Waals surface area contributed by atoms with Gasteiger partial charge in [0.15, 0.2) is 22.8 Å². The fraction of sp³-hybridized carbons (Fsp3) is 0.508. The Morgan fingerprint density at radius 3 is 1.12 bits per heavy atom. The SMILES string of the molecule is O=C(c1n[nH]c2ccccc12)N1C2CC3CC1CN(C3)C2.O=C(c1n[nH]c2ccccc12)N1CC2CCN3CCC2C1C3.O=C(c1n[nH]c2ccccc12)N1C[C@@H]2CN3CCC2C1C3.O=C(c1n[nH]c2ccccc12)N1C[C@H]2CN3CCC2C1C3. The number of likely N-dealkylation sites (tertiary alicyclic amines) is 3. The Bertz CT molecular complexity index is 3750. The number of aromatic amines is 4. The van der Waals surface area contributed by atoms with Crippen molar-refractivity contribution in [3.05, 3.63) is 120 Å². The molecule has 0 saturated carbocycles. The van der Waals surface area contributed by atoms with E-state index in [0.29, 0.717) is 88.5 Å². The lowest BCUT2D eigenvalue weighted by Crippen LogP contribution is -2.68. The van der Waals surface area contributed by atoms with Gasteiger partial charge in [0.2, 0.25) is 0 Å². The van der Waals surface area contributed by atoms with E-state index in [1.807, 2.05) is 97.1 Å². The van der Waals surface area contributed by atoms with Gasteiger partial charge in [0.1, 0.15) is 0 Å². The Morgan fingerprint density at radius 2 is 0.706 bits per heavy atom. The van der Waals surface area contributed by atoms with Crippen LogP contribution in [0, 0.1) is 41.4 Å². The minimum atomic E-state index is 0.105. The number of carbonyl (C=O) groups excluding carboxylic acids is 4. The van der Waals surface area contributed by atoms with Crippen LogP contribution in [0.4, 0.5) is 0 Å². The first kappa shape index (κ1) is 51.9. The molecule has 16 aliphatic heterocycles. The van der Waals surface area contributed by atoms with Gasteiger partial charge in [-0.2, -0.15) is 20.4 Å². The minimum absolute atomic E-state index is 0.105. The molecule has 4 N–H and O–H groups in total. The lowest BCUT2D eigenvalue weighted by Gasteiger charge is -2.57. The summed E-state index contributed by atoms with van der Waals surface area (Å²) in [4.78, 5) is 70.6. The van der Waals surface area contributed by atoms with Crippen molar-refractivity contribution in [2.24, 2.45) is 41.4 Å². The van der Waals surface area contributed by atoms with Crippen molar-refractivity contribution >= 4 is 67.2 Å². The molecule has 0 aliphatic carbocycles. The zero-order valence-electron chi connectivity index (χ0n) is 48.0. The molecule has 14 atom stereocenters. The molecule has 0 spiro atoms. The summed E-state index contributed by atoms with van der Waals surface area (Å²) in [7, 11) is 0. The Balaban J connectivity index is 0.0000000889. The van der Waals surface area contributed by atoms with Crippen molar-refractivity contribution in [1.29, 1.82) is 0 Å². The van der Waals surface area contributed by atoms with Crippen LogP contribution in [-0.4, -0.2) is 232 Å². The smallest absolute Gasteiger partial charge is 0.275 e. The summed E-state index contributed by atoms with van der Waals surface area (Å²) >= 11 is 0. The first-order valence-corrected chi connectivity index (χ1v) is 31.6. The number of hydrogen-bond acceptors (Lipinski definition) is 12. The molecule has 8 aromatic rings. The molecule has 4 aromatic heterocycles. The minimum Gasteiger partial charge on any atom is -0.332 e. The monoisotopic (exact) mass is 1140 g/mol. The van der Waals surface area contributed by atoms with Crippen LogP contribution in [0.5, 0.6) is 0 Å². The maximum atomic E-state index is 13.1. The molecule has 0 radical (unpaired) electrons. The van der Waals surface area contributed by atoms with Crippen molar-refractivity contribution in [3.63, 3.8) is 0 Å². The normalized spacial score (nSPS) is 33.7. The highest BCUT2D eigenvalue weighted by Crippen LogP contribution is 2.45. The summed E-state index contributed by atoms with van der Waals surface area (Å²) in [5, 5.41) is 32.9. The van der Waals surface area contributed by atoms with E-state index in [4.69, 9.17) is 0 Å². The third kappa shape index (κ3) is 8.73. The standard InChI is InChI=1S/C17H20N4O.3C16H18N4O/c22-17(16-13-3-1-2-4-14(13)18-19-16)21-9-11-5-7-20-8-6-12(11)15(21)10-20;21-16(15-13-3-1-2-4-14(13)17-18-15)20-11-5-10-6-12(20)9-19(7-10)8-11;2*21-16(15-12-3-1-2-4-13(12)17-18-15)20-8-10-7-19-6-5-11(10)14(20)9-19/h1-4,11-12,15H,5-10H2,(H,18,19);1-4,10-12H,5-9H2,(H,17,18);2*1-4,10-11,14H,5-9H2,(H,17,18)/t;;2*10-,11?,14?/m..10/s1. The quantitative estimate of drug-likeness (QED) is 0.163. The molecule has 16 saturated heterocycles. The van der Waals surface area contributed by atoms with Crippen molar-refractivity contribution in [3.8, 4) is 0 Å². The summed E-state index contributed by atoms with van der Waals surface area (Å²) in [5.74, 6) is 5.39. The third-order valence-corrected chi connectivity index (χ3v) is 22.4. The number of fused-ring (bicyclic) bond motifs is 8. The van der Waals surface area contributed by atoms with Crippen molar-refractivity contribution in [2.45, 2.75) is 68.7 Å². The van der Waals surface area contributed by atoms with Crippen molar-refractivity contribution < 1.29 is 19.2 Å². The summed E-state index contributed by atoms with van der Waals surface area (Å²) in [6.45, 7) is 16.4. The van der Waals surface area contributed by atoms with Crippen LogP contribution in [0.2, 0.25) is 0 Å². The maximum Gasteiger partial charge on any atom is 0.275 e. The number of H-pyrrole nitrogens is 4. The third-order valence-electron chi connectivity index (χ3n) is 22.4. The largest absolute Gasteiger partial charge is 0.332 e. The predicted octanol–water partition coefficient (Wildman–Crippen LogP) is 5.89. The van der Waals surface area contributed by atoms with Crippen LogP contribution in [0.3, 0.4) is 0 Å². The fourth-order valence-electron chi connectivity index (χ4n) is 18.6. The van der Waals surface area contributed by atoms with Crippen LogP contribution < -0.4 is 0 Å². The van der Waals surface area contributed by atoms with Crippen molar-refractivity contribution in [2.75, 3.05) is 98.2 Å². The molecule has 12 unspecified atom stereocenters. The average Bonchev–Trinajstić information content (AvgIpc) is 3.77. The Morgan fingerprint density at radius 1 is 0.353 bits per heavy atom. The van der Waals surface area contributed by atoms with Gasteiger partial charge in [0, 0.05) is 124 Å². The Hall–Kier alpha value is -7.52. The number of aromatic nitrogens is 8. The second-order valence-electron chi connectivity index (χ2n) is 26.9. The molecule has 4 aromatic carbocycles. The molecule has 16 bridgehead atoms. The molecular formula is C65H74N16O4.